The van der Waals surface area contributed by atoms with Gasteiger partial charge in [-0.15, -0.1) is 0 Å². The molecule has 3 nitrogen and oxygen atoms in total. The van der Waals surface area contributed by atoms with Gasteiger partial charge < -0.3 is 5.73 Å². The summed E-state index contributed by atoms with van der Waals surface area (Å²) in [5.41, 5.74) is 9.39. The van der Waals surface area contributed by atoms with Crippen LogP contribution in [0.4, 0.5) is 5.95 Å². The van der Waals surface area contributed by atoms with E-state index in [0.717, 1.165) is 22.3 Å². The number of para-hydroxylation sites is 2. The molecule has 1 heterocycles. The van der Waals surface area contributed by atoms with Crippen LogP contribution in [0.25, 0.3) is 16.7 Å². The third-order valence-electron chi connectivity index (χ3n) is 3.07. The summed E-state index contributed by atoms with van der Waals surface area (Å²) in [6.45, 7) is 1.98. The number of nitrogen functional groups attached to an aromatic ring is 1. The fraction of sp³-hybridized carbons (Fsp3) is 0.0714. The van der Waals surface area contributed by atoms with Crippen molar-refractivity contribution in [3.8, 4) is 5.69 Å². The topological polar surface area (TPSA) is 43.8 Å². The number of aromatic nitrogens is 2. The number of hydrogen-bond acceptors (Lipinski definition) is 2. The molecule has 0 unspecified atom stereocenters. The Morgan fingerprint density at radius 2 is 1.74 bits per heavy atom. The lowest BCUT2D eigenvalue weighted by Gasteiger charge is -2.12. The van der Waals surface area contributed by atoms with E-state index in [4.69, 9.17) is 28.9 Å². The lowest BCUT2D eigenvalue weighted by molar-refractivity contribution is 1.09. The van der Waals surface area contributed by atoms with Gasteiger partial charge in [0.05, 0.1) is 26.8 Å². The number of anilines is 1. The number of benzene rings is 2. The zero-order valence-corrected chi connectivity index (χ0v) is 11.7. The van der Waals surface area contributed by atoms with Gasteiger partial charge in [0.1, 0.15) is 0 Å². The number of rotatable bonds is 1. The van der Waals surface area contributed by atoms with E-state index in [1.165, 1.54) is 0 Å². The van der Waals surface area contributed by atoms with Gasteiger partial charge in [-0.1, -0.05) is 41.4 Å². The van der Waals surface area contributed by atoms with Crippen molar-refractivity contribution in [1.82, 2.24) is 9.55 Å². The van der Waals surface area contributed by atoms with E-state index in [1.807, 2.05) is 43.3 Å². The highest BCUT2D eigenvalue weighted by atomic mass is 35.5. The summed E-state index contributed by atoms with van der Waals surface area (Å²) in [4.78, 5) is 4.33. The molecule has 19 heavy (non-hydrogen) atoms. The number of fused-ring (bicyclic) bond motifs is 1. The van der Waals surface area contributed by atoms with Crippen LogP contribution in [0.2, 0.25) is 10.0 Å². The molecule has 0 amide bonds. The van der Waals surface area contributed by atoms with Crippen molar-refractivity contribution >= 4 is 40.2 Å². The van der Waals surface area contributed by atoms with E-state index in [2.05, 4.69) is 4.98 Å². The first-order chi connectivity index (χ1) is 9.09. The van der Waals surface area contributed by atoms with Crippen molar-refractivity contribution in [2.75, 3.05) is 5.73 Å². The molecule has 0 saturated carbocycles. The van der Waals surface area contributed by atoms with Gasteiger partial charge in [0.2, 0.25) is 5.95 Å². The van der Waals surface area contributed by atoms with Crippen LogP contribution in [0.3, 0.4) is 0 Å². The Kier molecular flexibility index (Phi) is 2.88. The Bertz CT molecular complexity index is 757. The average Bonchev–Trinajstić information content (AvgIpc) is 2.67. The van der Waals surface area contributed by atoms with Crippen LogP contribution in [0, 0.1) is 6.92 Å². The van der Waals surface area contributed by atoms with Crippen molar-refractivity contribution in [2.45, 2.75) is 6.92 Å². The first-order valence-electron chi connectivity index (χ1n) is 5.77. The molecular formula is C14H11Cl2N3. The molecular weight excluding hydrogens is 281 g/mol. The van der Waals surface area contributed by atoms with Crippen LogP contribution < -0.4 is 5.73 Å². The normalized spacial score (nSPS) is 11.1. The molecule has 3 aromatic rings. The van der Waals surface area contributed by atoms with Crippen molar-refractivity contribution in [2.24, 2.45) is 0 Å². The number of halogens is 2. The molecule has 1 aromatic heterocycles. The van der Waals surface area contributed by atoms with Crippen LogP contribution in [-0.4, -0.2) is 9.55 Å². The summed E-state index contributed by atoms with van der Waals surface area (Å²) in [6.07, 6.45) is 0. The Morgan fingerprint density at radius 3 is 2.47 bits per heavy atom. The van der Waals surface area contributed by atoms with E-state index >= 15 is 0 Å². The van der Waals surface area contributed by atoms with E-state index in [-0.39, 0.29) is 0 Å². The van der Waals surface area contributed by atoms with Crippen molar-refractivity contribution in [3.05, 3.63) is 52.0 Å². The molecule has 3 rings (SSSR count). The number of imidazole rings is 1. The summed E-state index contributed by atoms with van der Waals surface area (Å²) >= 11 is 12.6. The van der Waals surface area contributed by atoms with Crippen LogP contribution in [0.15, 0.2) is 36.4 Å². The SMILES string of the molecule is Cc1cccc(Cl)c1-n1c(N)nc2cccc(Cl)c21. The minimum absolute atomic E-state index is 0.374. The molecule has 0 aliphatic heterocycles. The standard InChI is InChI=1S/C14H11Cl2N3/c1-8-4-2-5-9(15)12(8)19-13-10(16)6-3-7-11(13)18-14(19)17/h2-7H,1H3,(H2,17,18). The molecule has 0 aliphatic rings. The predicted molar refractivity (Wildman–Crippen MR) is 80.2 cm³/mol. The lowest BCUT2D eigenvalue weighted by atomic mass is 10.2. The fourth-order valence-corrected chi connectivity index (χ4v) is 2.80. The summed E-state index contributed by atoms with van der Waals surface area (Å²) in [6, 6.07) is 11.2. The summed E-state index contributed by atoms with van der Waals surface area (Å²) in [5, 5.41) is 1.21. The smallest absolute Gasteiger partial charge is 0.206 e. The first kappa shape index (κ1) is 12.3. The van der Waals surface area contributed by atoms with E-state index in [0.29, 0.717) is 16.0 Å². The average molecular weight is 292 g/mol. The van der Waals surface area contributed by atoms with Gasteiger partial charge in [0, 0.05) is 0 Å². The highest BCUT2D eigenvalue weighted by Crippen LogP contribution is 2.33. The zero-order chi connectivity index (χ0) is 13.6. The largest absolute Gasteiger partial charge is 0.369 e. The molecule has 0 radical (unpaired) electrons. The maximum Gasteiger partial charge on any atom is 0.206 e. The van der Waals surface area contributed by atoms with Gasteiger partial charge in [0.15, 0.2) is 0 Å². The minimum Gasteiger partial charge on any atom is -0.369 e. The van der Waals surface area contributed by atoms with Gasteiger partial charge in [-0.05, 0) is 30.7 Å². The van der Waals surface area contributed by atoms with Gasteiger partial charge in [-0.2, -0.15) is 0 Å². The first-order valence-corrected chi connectivity index (χ1v) is 6.53. The lowest BCUT2D eigenvalue weighted by Crippen LogP contribution is -2.03. The zero-order valence-electron chi connectivity index (χ0n) is 10.2. The third kappa shape index (κ3) is 1.86. The van der Waals surface area contributed by atoms with Gasteiger partial charge in [-0.3, -0.25) is 4.57 Å². The van der Waals surface area contributed by atoms with Gasteiger partial charge >= 0.3 is 0 Å². The minimum atomic E-state index is 0.374. The third-order valence-corrected chi connectivity index (χ3v) is 3.68. The molecule has 0 atom stereocenters. The monoisotopic (exact) mass is 291 g/mol. The van der Waals surface area contributed by atoms with Crippen molar-refractivity contribution < 1.29 is 0 Å². The molecule has 0 spiro atoms. The summed E-state index contributed by atoms with van der Waals surface area (Å²) in [7, 11) is 0. The Balaban J connectivity index is 2.46. The maximum absolute atomic E-state index is 6.30. The number of hydrogen-bond donors (Lipinski definition) is 1. The van der Waals surface area contributed by atoms with Gasteiger partial charge in [0.25, 0.3) is 0 Å². The second-order valence-corrected chi connectivity index (χ2v) is 5.13. The Labute approximate surface area is 120 Å². The van der Waals surface area contributed by atoms with E-state index < -0.39 is 0 Å². The Hall–Kier alpha value is -1.71. The van der Waals surface area contributed by atoms with Crippen LogP contribution in [0.1, 0.15) is 5.56 Å². The molecule has 0 saturated heterocycles. The molecule has 2 aromatic carbocycles. The summed E-state index contributed by atoms with van der Waals surface area (Å²) in [5.74, 6) is 0.374. The second-order valence-electron chi connectivity index (χ2n) is 4.32. The summed E-state index contributed by atoms with van der Waals surface area (Å²) < 4.78 is 1.80. The van der Waals surface area contributed by atoms with E-state index in [1.54, 1.807) is 4.57 Å². The fourth-order valence-electron chi connectivity index (χ4n) is 2.24. The molecule has 0 bridgehead atoms. The van der Waals surface area contributed by atoms with Crippen LogP contribution in [-0.2, 0) is 0 Å². The quantitative estimate of drug-likeness (QED) is 0.729. The molecule has 2 N–H and O–H groups in total. The maximum atomic E-state index is 6.30. The highest BCUT2D eigenvalue weighted by Gasteiger charge is 2.16. The number of aryl methyl sites for hydroxylation is 1. The molecule has 0 aliphatic carbocycles. The molecule has 5 heteroatoms. The molecule has 96 valence electrons. The van der Waals surface area contributed by atoms with E-state index in [9.17, 15) is 0 Å². The number of nitrogens with two attached hydrogens (primary N) is 1. The molecule has 0 fully saturated rings. The van der Waals surface area contributed by atoms with Crippen molar-refractivity contribution in [1.29, 1.82) is 0 Å². The van der Waals surface area contributed by atoms with Crippen LogP contribution >= 0.6 is 23.2 Å². The predicted octanol–water partition coefficient (Wildman–Crippen LogP) is 4.22. The van der Waals surface area contributed by atoms with Gasteiger partial charge in [-0.25, -0.2) is 4.98 Å². The number of nitrogens with zero attached hydrogens (tertiary/aromatic N) is 2. The highest BCUT2D eigenvalue weighted by molar-refractivity contribution is 6.35. The van der Waals surface area contributed by atoms with Crippen LogP contribution in [0.5, 0.6) is 0 Å². The second kappa shape index (κ2) is 4.44. The van der Waals surface area contributed by atoms with Crippen molar-refractivity contribution in [3.63, 3.8) is 0 Å². The Morgan fingerprint density at radius 1 is 1.05 bits per heavy atom.